The number of sulfone groups is 1. The second kappa shape index (κ2) is 14.3. The molecule has 0 aliphatic rings. The van der Waals surface area contributed by atoms with Gasteiger partial charge in [0.1, 0.15) is 0 Å². The monoisotopic (exact) mass is 580 g/mol. The second-order valence-electron chi connectivity index (χ2n) is 8.28. The number of nitrogens with zero attached hydrogens (tertiary/aromatic N) is 1. The number of aliphatic hydroxyl groups excluding tert-OH is 1. The summed E-state index contributed by atoms with van der Waals surface area (Å²) in [6, 6.07) is 19.1. The maximum Gasteiger partial charge on any atom is 0.329 e. The summed E-state index contributed by atoms with van der Waals surface area (Å²) in [5.74, 6) is -1.16. The number of nitrogens with one attached hydrogen (secondary N) is 1. The molecule has 0 unspecified atom stereocenters. The topological polar surface area (TPSA) is 113 Å². The molecule has 0 spiro atoms. The molecule has 8 nitrogen and oxygen atoms in total. The molecule has 1 amide bonds. The van der Waals surface area contributed by atoms with E-state index in [2.05, 4.69) is 5.32 Å². The SMILES string of the molecule is CCN(OC(C)=O)C(=O)c1ccc(S(=O)(=O)c2ccc(CCNC[C@H](O)c3cccc(Cl)c3)cc2)cc1.Cl. The van der Waals surface area contributed by atoms with Gasteiger partial charge < -0.3 is 15.3 Å². The molecule has 3 aromatic rings. The molecule has 0 aliphatic carbocycles. The summed E-state index contributed by atoms with van der Waals surface area (Å²) >= 11 is 5.96. The fraction of sp³-hybridized carbons (Fsp3) is 0.259. The van der Waals surface area contributed by atoms with Gasteiger partial charge in [0, 0.05) is 24.1 Å². The van der Waals surface area contributed by atoms with E-state index < -0.39 is 27.8 Å². The molecule has 0 radical (unpaired) electrons. The summed E-state index contributed by atoms with van der Waals surface area (Å²) in [6.07, 6.45) is -0.0324. The van der Waals surface area contributed by atoms with Crippen molar-refractivity contribution in [3.63, 3.8) is 0 Å². The smallest absolute Gasteiger partial charge is 0.329 e. The number of carbonyl (C=O) groups excluding carboxylic acids is 2. The lowest BCUT2D eigenvalue weighted by atomic mass is 10.1. The Bertz CT molecular complexity index is 1330. The maximum atomic E-state index is 13.0. The van der Waals surface area contributed by atoms with Gasteiger partial charge in [0.2, 0.25) is 9.84 Å². The second-order valence-corrected chi connectivity index (χ2v) is 10.7. The highest BCUT2D eigenvalue weighted by Crippen LogP contribution is 2.22. The third-order valence-electron chi connectivity index (χ3n) is 5.56. The van der Waals surface area contributed by atoms with E-state index >= 15 is 0 Å². The molecular weight excluding hydrogens is 551 g/mol. The number of hydrogen-bond acceptors (Lipinski definition) is 7. The molecule has 0 heterocycles. The number of hydroxylamine groups is 2. The van der Waals surface area contributed by atoms with Crippen LogP contribution in [0.2, 0.25) is 5.02 Å². The number of halogens is 2. The van der Waals surface area contributed by atoms with Crippen LogP contribution in [0.4, 0.5) is 0 Å². The quantitative estimate of drug-likeness (QED) is 0.270. The van der Waals surface area contributed by atoms with Gasteiger partial charge in [-0.3, -0.25) is 9.59 Å². The molecule has 0 saturated carbocycles. The Kier molecular flexibility index (Phi) is 11.7. The van der Waals surface area contributed by atoms with Gasteiger partial charge in [-0.2, -0.15) is 5.06 Å². The zero-order valence-corrected chi connectivity index (χ0v) is 23.4. The summed E-state index contributed by atoms with van der Waals surface area (Å²) in [6.45, 7) is 3.97. The lowest BCUT2D eigenvalue weighted by molar-refractivity contribution is -0.174. The Morgan fingerprint density at radius 3 is 2.18 bits per heavy atom. The standard InChI is InChI=1S/C27H29ClN2O6S.ClH/c1-3-30(36-19(2)31)27(33)21-9-13-25(14-10-21)37(34,35)24-11-7-20(8-12-24)15-16-29-18-26(32)22-5-4-6-23(28)17-22;/h4-14,17,26,29,32H,3,15-16,18H2,1-2H3;1H/t26-;/m0./s1. The number of rotatable bonds is 10. The maximum absolute atomic E-state index is 13.0. The zero-order chi connectivity index (χ0) is 27.0. The third-order valence-corrected chi connectivity index (χ3v) is 7.58. The van der Waals surface area contributed by atoms with Crippen molar-refractivity contribution in [2.45, 2.75) is 36.2 Å². The van der Waals surface area contributed by atoms with Crippen molar-refractivity contribution in [1.82, 2.24) is 10.4 Å². The number of aliphatic hydroxyl groups is 1. The minimum Gasteiger partial charge on any atom is -0.387 e. The van der Waals surface area contributed by atoms with E-state index in [1.165, 1.54) is 31.2 Å². The van der Waals surface area contributed by atoms with E-state index in [-0.39, 0.29) is 34.3 Å². The predicted molar refractivity (Wildman–Crippen MR) is 147 cm³/mol. The van der Waals surface area contributed by atoms with E-state index in [9.17, 15) is 23.1 Å². The summed E-state index contributed by atoms with van der Waals surface area (Å²) in [5, 5.41) is 14.9. The lowest BCUT2D eigenvalue weighted by Gasteiger charge is -2.18. The van der Waals surface area contributed by atoms with Crippen molar-refractivity contribution in [1.29, 1.82) is 0 Å². The van der Waals surface area contributed by atoms with Crippen LogP contribution in [0.1, 0.15) is 41.4 Å². The van der Waals surface area contributed by atoms with Crippen LogP contribution in [0.25, 0.3) is 0 Å². The lowest BCUT2D eigenvalue weighted by Crippen LogP contribution is -2.32. The Labute approximate surface area is 233 Å². The number of amides is 1. The molecule has 0 aromatic heterocycles. The van der Waals surface area contributed by atoms with Gasteiger partial charge in [-0.05, 0) is 79.5 Å². The molecule has 2 N–H and O–H groups in total. The van der Waals surface area contributed by atoms with E-state index in [0.29, 0.717) is 24.5 Å². The van der Waals surface area contributed by atoms with Crippen LogP contribution in [0.5, 0.6) is 0 Å². The molecule has 204 valence electrons. The van der Waals surface area contributed by atoms with E-state index in [1.54, 1.807) is 49.4 Å². The van der Waals surface area contributed by atoms with Crippen molar-refractivity contribution in [2.75, 3.05) is 19.6 Å². The molecule has 0 saturated heterocycles. The molecule has 3 rings (SSSR count). The Morgan fingerprint density at radius 1 is 1.03 bits per heavy atom. The first-order valence-electron chi connectivity index (χ1n) is 11.7. The first-order valence-corrected chi connectivity index (χ1v) is 13.6. The summed E-state index contributed by atoms with van der Waals surface area (Å²) in [5.41, 5.74) is 1.87. The van der Waals surface area contributed by atoms with Gasteiger partial charge in [0.25, 0.3) is 5.91 Å². The minimum absolute atomic E-state index is 0. The van der Waals surface area contributed by atoms with E-state index in [1.807, 2.05) is 6.07 Å². The van der Waals surface area contributed by atoms with E-state index in [0.717, 1.165) is 16.2 Å². The van der Waals surface area contributed by atoms with E-state index in [4.69, 9.17) is 16.4 Å². The van der Waals surface area contributed by atoms with Crippen molar-refractivity contribution < 1.29 is 28.0 Å². The highest BCUT2D eigenvalue weighted by molar-refractivity contribution is 7.91. The Morgan fingerprint density at radius 2 is 1.63 bits per heavy atom. The van der Waals surface area contributed by atoms with Crippen LogP contribution in [0, 0.1) is 0 Å². The molecule has 0 aliphatic heterocycles. The van der Waals surface area contributed by atoms with Crippen LogP contribution in [0.15, 0.2) is 82.6 Å². The number of hydrogen-bond donors (Lipinski definition) is 2. The van der Waals surface area contributed by atoms with Gasteiger partial charge in [0.05, 0.1) is 22.4 Å². The first-order chi connectivity index (χ1) is 17.6. The zero-order valence-electron chi connectivity index (χ0n) is 21.0. The molecule has 0 bridgehead atoms. The minimum atomic E-state index is -3.78. The average molecular weight is 582 g/mol. The van der Waals surface area contributed by atoms with Crippen LogP contribution in [0.3, 0.4) is 0 Å². The fourth-order valence-electron chi connectivity index (χ4n) is 3.60. The van der Waals surface area contributed by atoms with Crippen LogP contribution in [-0.4, -0.2) is 50.1 Å². The highest BCUT2D eigenvalue weighted by Gasteiger charge is 2.21. The number of benzene rings is 3. The molecule has 11 heteroatoms. The van der Waals surface area contributed by atoms with Crippen LogP contribution in [-0.2, 0) is 25.9 Å². The molecule has 38 heavy (non-hydrogen) atoms. The molecule has 3 aromatic carbocycles. The summed E-state index contributed by atoms with van der Waals surface area (Å²) in [4.78, 5) is 28.7. The summed E-state index contributed by atoms with van der Waals surface area (Å²) < 4.78 is 26.1. The van der Waals surface area contributed by atoms with Gasteiger partial charge in [-0.25, -0.2) is 8.42 Å². The van der Waals surface area contributed by atoms with Crippen molar-refractivity contribution in [3.05, 3.63) is 94.5 Å². The van der Waals surface area contributed by atoms with Gasteiger partial charge >= 0.3 is 5.97 Å². The summed E-state index contributed by atoms with van der Waals surface area (Å²) in [7, 11) is -3.78. The van der Waals surface area contributed by atoms with Crippen molar-refractivity contribution >= 4 is 45.7 Å². The van der Waals surface area contributed by atoms with Crippen molar-refractivity contribution in [2.24, 2.45) is 0 Å². The van der Waals surface area contributed by atoms with Crippen LogP contribution < -0.4 is 5.32 Å². The third kappa shape index (κ3) is 8.28. The van der Waals surface area contributed by atoms with Gasteiger partial charge in [-0.1, -0.05) is 35.9 Å². The predicted octanol–water partition coefficient (Wildman–Crippen LogP) is 4.40. The van der Waals surface area contributed by atoms with Crippen LogP contribution >= 0.6 is 24.0 Å². The normalized spacial score (nSPS) is 11.8. The average Bonchev–Trinajstić information content (AvgIpc) is 2.89. The largest absolute Gasteiger partial charge is 0.387 e. The number of carbonyl (C=O) groups is 2. The Hall–Kier alpha value is -2.95. The Balaban J connectivity index is 0.00000507. The molecule has 0 fully saturated rings. The highest BCUT2D eigenvalue weighted by atomic mass is 35.5. The molecular formula is C27H30Cl2N2O6S. The van der Waals surface area contributed by atoms with Gasteiger partial charge in [-0.15, -0.1) is 12.4 Å². The van der Waals surface area contributed by atoms with Gasteiger partial charge in [0.15, 0.2) is 0 Å². The first kappa shape index (κ1) is 31.3. The molecule has 1 atom stereocenters. The van der Waals surface area contributed by atoms with Crippen molar-refractivity contribution in [3.8, 4) is 0 Å². The fourth-order valence-corrected chi connectivity index (χ4v) is 5.06.